The molecule has 0 aromatic carbocycles. The first-order chi connectivity index (χ1) is 7.91. The maximum absolute atomic E-state index is 9.81. The fraction of sp³-hybridized carbons (Fsp3) is 1.00. The topological polar surface area (TPSA) is 32.3 Å². The molecule has 1 fully saturated rings. The van der Waals surface area contributed by atoms with E-state index in [-0.39, 0.29) is 12.1 Å². The van der Waals surface area contributed by atoms with Crippen LogP contribution in [-0.2, 0) is 0 Å². The van der Waals surface area contributed by atoms with E-state index in [2.05, 4.69) is 39.9 Å². The second-order valence-electron chi connectivity index (χ2n) is 6.15. The third kappa shape index (κ3) is 4.46. The van der Waals surface area contributed by atoms with Crippen molar-refractivity contribution in [2.45, 2.75) is 64.3 Å². The highest BCUT2D eigenvalue weighted by Crippen LogP contribution is 2.42. The van der Waals surface area contributed by atoms with Crippen LogP contribution in [0.4, 0.5) is 0 Å². The van der Waals surface area contributed by atoms with Crippen LogP contribution in [0.1, 0.15) is 47.5 Å². The third-order valence-electron chi connectivity index (χ3n) is 3.76. The largest absolute Gasteiger partial charge is 0.394 e. The molecular formula is C14H29NOS. The van der Waals surface area contributed by atoms with Crippen molar-refractivity contribution in [3.63, 3.8) is 0 Å². The van der Waals surface area contributed by atoms with Crippen molar-refractivity contribution in [1.82, 2.24) is 5.32 Å². The van der Waals surface area contributed by atoms with Gasteiger partial charge in [-0.3, -0.25) is 0 Å². The zero-order chi connectivity index (χ0) is 13.1. The molecule has 0 aromatic rings. The second kappa shape index (κ2) is 6.44. The number of rotatable bonds is 8. The molecule has 102 valence electrons. The summed E-state index contributed by atoms with van der Waals surface area (Å²) in [7, 11) is 0. The SMILES string of the molecule is CC(C)NC(CO)(CSC(C)C(C)C)C1CC1. The van der Waals surface area contributed by atoms with Crippen LogP contribution in [0.5, 0.6) is 0 Å². The lowest BCUT2D eigenvalue weighted by Gasteiger charge is -2.36. The molecule has 2 unspecified atom stereocenters. The molecule has 0 bridgehead atoms. The Morgan fingerprint density at radius 3 is 2.18 bits per heavy atom. The molecule has 0 aromatic heterocycles. The summed E-state index contributed by atoms with van der Waals surface area (Å²) in [6.07, 6.45) is 2.55. The zero-order valence-electron chi connectivity index (χ0n) is 12.0. The van der Waals surface area contributed by atoms with Gasteiger partial charge in [-0.05, 0) is 24.7 Å². The average Bonchev–Trinajstić information content (AvgIpc) is 3.07. The Labute approximate surface area is 111 Å². The molecule has 0 radical (unpaired) electrons. The van der Waals surface area contributed by atoms with Crippen LogP contribution in [0, 0.1) is 11.8 Å². The van der Waals surface area contributed by atoms with E-state index < -0.39 is 0 Å². The Hall–Kier alpha value is 0.270. The van der Waals surface area contributed by atoms with Gasteiger partial charge in [-0.1, -0.05) is 34.6 Å². The summed E-state index contributed by atoms with van der Waals surface area (Å²) >= 11 is 2.00. The molecule has 2 atom stereocenters. The first kappa shape index (κ1) is 15.3. The van der Waals surface area contributed by atoms with Gasteiger partial charge in [0.05, 0.1) is 12.1 Å². The van der Waals surface area contributed by atoms with Gasteiger partial charge in [-0.25, -0.2) is 0 Å². The molecule has 2 nitrogen and oxygen atoms in total. The fourth-order valence-electron chi connectivity index (χ4n) is 2.18. The van der Waals surface area contributed by atoms with Gasteiger partial charge in [0.25, 0.3) is 0 Å². The van der Waals surface area contributed by atoms with Crippen molar-refractivity contribution in [3.05, 3.63) is 0 Å². The lowest BCUT2D eigenvalue weighted by atomic mass is 9.95. The van der Waals surface area contributed by atoms with Crippen molar-refractivity contribution < 1.29 is 5.11 Å². The summed E-state index contributed by atoms with van der Waals surface area (Å²) in [4.78, 5) is 0. The van der Waals surface area contributed by atoms with E-state index in [4.69, 9.17) is 0 Å². The highest BCUT2D eigenvalue weighted by atomic mass is 32.2. The molecule has 3 heteroatoms. The standard InChI is InChI=1S/C14H29NOS/c1-10(2)12(5)17-9-14(8-16,13-6-7-13)15-11(3)4/h10-13,15-16H,6-9H2,1-5H3. The van der Waals surface area contributed by atoms with Gasteiger partial charge in [0.1, 0.15) is 0 Å². The lowest BCUT2D eigenvalue weighted by Crippen LogP contribution is -2.55. The van der Waals surface area contributed by atoms with E-state index in [1.54, 1.807) is 0 Å². The van der Waals surface area contributed by atoms with E-state index in [0.717, 1.165) is 5.75 Å². The van der Waals surface area contributed by atoms with Crippen LogP contribution in [-0.4, -0.2) is 34.3 Å². The zero-order valence-corrected chi connectivity index (χ0v) is 12.8. The van der Waals surface area contributed by atoms with Crippen molar-refractivity contribution in [2.24, 2.45) is 11.8 Å². The van der Waals surface area contributed by atoms with E-state index in [1.165, 1.54) is 12.8 Å². The van der Waals surface area contributed by atoms with Crippen molar-refractivity contribution in [3.8, 4) is 0 Å². The smallest absolute Gasteiger partial charge is 0.0624 e. The predicted molar refractivity (Wildman–Crippen MR) is 77.6 cm³/mol. The number of aliphatic hydroxyl groups is 1. The van der Waals surface area contributed by atoms with E-state index >= 15 is 0 Å². The Morgan fingerprint density at radius 2 is 1.82 bits per heavy atom. The average molecular weight is 259 g/mol. The Kier molecular flexibility index (Phi) is 5.81. The number of hydrogen-bond acceptors (Lipinski definition) is 3. The summed E-state index contributed by atoms with van der Waals surface area (Å²) in [5.74, 6) is 2.42. The number of hydrogen-bond donors (Lipinski definition) is 2. The van der Waals surface area contributed by atoms with Crippen LogP contribution in [0.3, 0.4) is 0 Å². The van der Waals surface area contributed by atoms with Crippen LogP contribution >= 0.6 is 11.8 Å². The molecule has 0 heterocycles. The number of aliphatic hydroxyl groups excluding tert-OH is 1. The molecule has 0 spiro atoms. The minimum Gasteiger partial charge on any atom is -0.394 e. The highest BCUT2D eigenvalue weighted by Gasteiger charge is 2.45. The van der Waals surface area contributed by atoms with Crippen molar-refractivity contribution in [2.75, 3.05) is 12.4 Å². The molecule has 1 saturated carbocycles. The van der Waals surface area contributed by atoms with Crippen LogP contribution in [0.2, 0.25) is 0 Å². The fourth-order valence-corrected chi connectivity index (χ4v) is 3.54. The molecule has 0 aliphatic heterocycles. The summed E-state index contributed by atoms with van der Waals surface area (Å²) in [6.45, 7) is 11.4. The van der Waals surface area contributed by atoms with E-state index in [9.17, 15) is 5.11 Å². The monoisotopic (exact) mass is 259 g/mol. The minimum atomic E-state index is -0.0397. The summed E-state index contributed by atoms with van der Waals surface area (Å²) in [6, 6.07) is 0.442. The molecule has 1 aliphatic rings. The van der Waals surface area contributed by atoms with Gasteiger partial charge < -0.3 is 10.4 Å². The molecule has 0 amide bonds. The van der Waals surface area contributed by atoms with Gasteiger partial charge in [0, 0.05) is 17.0 Å². The molecule has 1 aliphatic carbocycles. The number of nitrogens with one attached hydrogen (secondary N) is 1. The first-order valence-electron chi connectivity index (χ1n) is 6.91. The summed E-state index contributed by atoms with van der Waals surface area (Å²) in [5.41, 5.74) is -0.0397. The maximum atomic E-state index is 9.81. The molecular weight excluding hydrogens is 230 g/mol. The normalized spacial score (nSPS) is 21.9. The summed E-state index contributed by atoms with van der Waals surface area (Å²) in [5, 5.41) is 14.1. The Bertz CT molecular complexity index is 228. The quantitative estimate of drug-likeness (QED) is 0.703. The van der Waals surface area contributed by atoms with Crippen molar-refractivity contribution in [1.29, 1.82) is 0 Å². The van der Waals surface area contributed by atoms with Gasteiger partial charge in [0.15, 0.2) is 0 Å². The van der Waals surface area contributed by atoms with Crippen LogP contribution in [0.25, 0.3) is 0 Å². The maximum Gasteiger partial charge on any atom is 0.0624 e. The molecule has 0 saturated heterocycles. The van der Waals surface area contributed by atoms with E-state index in [0.29, 0.717) is 23.1 Å². The Morgan fingerprint density at radius 1 is 1.24 bits per heavy atom. The molecule has 1 rings (SSSR count). The second-order valence-corrected chi connectivity index (χ2v) is 7.51. The van der Waals surface area contributed by atoms with Crippen LogP contribution < -0.4 is 5.32 Å². The first-order valence-corrected chi connectivity index (χ1v) is 7.96. The molecule has 17 heavy (non-hydrogen) atoms. The van der Waals surface area contributed by atoms with E-state index in [1.807, 2.05) is 11.8 Å². The number of thioether (sulfide) groups is 1. The Balaban J connectivity index is 2.56. The van der Waals surface area contributed by atoms with Gasteiger partial charge in [-0.15, -0.1) is 0 Å². The lowest BCUT2D eigenvalue weighted by molar-refractivity contribution is 0.150. The third-order valence-corrected chi connectivity index (χ3v) is 5.51. The summed E-state index contributed by atoms with van der Waals surface area (Å²) < 4.78 is 0. The van der Waals surface area contributed by atoms with Crippen molar-refractivity contribution >= 4 is 11.8 Å². The minimum absolute atomic E-state index is 0.0397. The van der Waals surface area contributed by atoms with Gasteiger partial charge >= 0.3 is 0 Å². The van der Waals surface area contributed by atoms with Gasteiger partial charge in [-0.2, -0.15) is 11.8 Å². The molecule has 2 N–H and O–H groups in total. The predicted octanol–water partition coefficient (Wildman–Crippen LogP) is 2.90. The highest BCUT2D eigenvalue weighted by molar-refractivity contribution is 7.99. The van der Waals surface area contributed by atoms with Crippen LogP contribution in [0.15, 0.2) is 0 Å². The van der Waals surface area contributed by atoms with Gasteiger partial charge in [0.2, 0.25) is 0 Å².